The van der Waals surface area contributed by atoms with E-state index >= 15 is 0 Å². The van der Waals surface area contributed by atoms with Gasteiger partial charge in [-0.05, 0) is 44.3 Å². The molecule has 1 amide bonds. The van der Waals surface area contributed by atoms with Gasteiger partial charge >= 0.3 is 0 Å². The summed E-state index contributed by atoms with van der Waals surface area (Å²) in [5.41, 5.74) is 2.47. The third-order valence-corrected chi connectivity index (χ3v) is 7.07. The first-order valence-corrected chi connectivity index (χ1v) is 10.9. The Bertz CT molecular complexity index is 1180. The lowest BCUT2D eigenvalue weighted by Crippen LogP contribution is -2.70. The van der Waals surface area contributed by atoms with E-state index in [2.05, 4.69) is 41.0 Å². The predicted octanol–water partition coefficient (Wildman–Crippen LogP) is 2.41. The number of carbonyl (C=O) groups excluding carboxylic acids is 1. The van der Waals surface area contributed by atoms with Crippen LogP contribution in [0.4, 0.5) is 0 Å². The highest BCUT2D eigenvalue weighted by Crippen LogP contribution is 2.45. The van der Waals surface area contributed by atoms with Gasteiger partial charge in [0.05, 0.1) is 22.7 Å². The normalized spacial score (nSPS) is 28.3. The molecule has 8 nitrogen and oxygen atoms in total. The number of aromatic hydroxyl groups is 1. The standard InChI is InChI=1S/C24H29N5O3/c1-14-19-17(9-18(25-20(19)27-26-14)15-5-7-16(30)8-6-15)21(31)29-12-23(2)10-28(4)11-24(3,13-29)22(23)32/h5-9,22,30,32H,10-13H2,1-4H3,(H,25,26,27). The van der Waals surface area contributed by atoms with Gasteiger partial charge in [0.2, 0.25) is 0 Å². The summed E-state index contributed by atoms with van der Waals surface area (Å²) in [7, 11) is 2.07. The summed E-state index contributed by atoms with van der Waals surface area (Å²) < 4.78 is 0. The van der Waals surface area contributed by atoms with Crippen LogP contribution in [0.5, 0.6) is 5.75 Å². The van der Waals surface area contributed by atoms with E-state index in [1.807, 2.05) is 17.9 Å². The van der Waals surface area contributed by atoms with Crippen molar-refractivity contribution in [3.8, 4) is 17.0 Å². The van der Waals surface area contributed by atoms with Gasteiger partial charge in [0, 0.05) is 48.3 Å². The van der Waals surface area contributed by atoms with Crippen LogP contribution in [-0.2, 0) is 0 Å². The van der Waals surface area contributed by atoms with Crippen molar-refractivity contribution in [3.63, 3.8) is 0 Å². The molecule has 0 radical (unpaired) electrons. The lowest BCUT2D eigenvalue weighted by atomic mass is 9.63. The fourth-order valence-corrected chi connectivity index (χ4v) is 5.94. The summed E-state index contributed by atoms with van der Waals surface area (Å²) in [6, 6.07) is 8.57. The third kappa shape index (κ3) is 3.17. The molecule has 2 aliphatic heterocycles. The number of H-pyrrole nitrogens is 1. The Kier molecular flexibility index (Phi) is 4.58. The number of nitrogens with zero attached hydrogens (tertiary/aromatic N) is 4. The Labute approximate surface area is 186 Å². The zero-order chi connectivity index (χ0) is 22.8. The van der Waals surface area contributed by atoms with Crippen LogP contribution in [-0.4, -0.2) is 80.4 Å². The van der Waals surface area contributed by atoms with E-state index in [0.717, 1.165) is 29.7 Å². The number of aliphatic hydroxyl groups excluding tert-OH is 1. The summed E-state index contributed by atoms with van der Waals surface area (Å²) in [6.45, 7) is 8.48. The molecule has 8 heteroatoms. The summed E-state index contributed by atoms with van der Waals surface area (Å²) >= 11 is 0. The maximum Gasteiger partial charge on any atom is 0.254 e. The van der Waals surface area contributed by atoms with E-state index in [1.165, 1.54) is 0 Å². The van der Waals surface area contributed by atoms with Crippen molar-refractivity contribution in [2.75, 3.05) is 33.2 Å². The lowest BCUT2D eigenvalue weighted by molar-refractivity contribution is -0.161. The van der Waals surface area contributed by atoms with E-state index < -0.39 is 16.9 Å². The molecule has 32 heavy (non-hydrogen) atoms. The molecular weight excluding hydrogens is 406 g/mol. The van der Waals surface area contributed by atoms with Crippen LogP contribution >= 0.6 is 0 Å². The van der Waals surface area contributed by atoms with Gasteiger partial charge in [0.15, 0.2) is 5.65 Å². The number of hydrogen-bond acceptors (Lipinski definition) is 6. The van der Waals surface area contributed by atoms with Gasteiger partial charge in [-0.3, -0.25) is 9.89 Å². The van der Waals surface area contributed by atoms with Crippen molar-refractivity contribution >= 4 is 16.9 Å². The molecule has 1 aromatic carbocycles. The van der Waals surface area contributed by atoms with Gasteiger partial charge in [-0.25, -0.2) is 4.98 Å². The smallest absolute Gasteiger partial charge is 0.254 e. The van der Waals surface area contributed by atoms with Gasteiger partial charge in [-0.2, -0.15) is 5.10 Å². The molecule has 0 saturated carbocycles. The first kappa shape index (κ1) is 20.9. The maximum atomic E-state index is 13.9. The summed E-state index contributed by atoms with van der Waals surface area (Å²) in [4.78, 5) is 22.7. The Hall–Kier alpha value is -2.97. The summed E-state index contributed by atoms with van der Waals surface area (Å²) in [5.74, 6) is 0.0995. The van der Waals surface area contributed by atoms with Crippen molar-refractivity contribution in [1.82, 2.24) is 25.0 Å². The number of pyridine rings is 1. The fraction of sp³-hybridized carbons (Fsp3) is 0.458. The molecule has 2 saturated heterocycles. The number of carbonyl (C=O) groups is 1. The Morgan fingerprint density at radius 1 is 1.12 bits per heavy atom. The van der Waals surface area contributed by atoms with Gasteiger partial charge in [-0.15, -0.1) is 0 Å². The van der Waals surface area contributed by atoms with Gasteiger partial charge < -0.3 is 20.0 Å². The molecule has 3 aromatic rings. The number of benzene rings is 1. The number of hydrogen-bond donors (Lipinski definition) is 3. The number of amides is 1. The first-order chi connectivity index (χ1) is 15.1. The molecule has 0 spiro atoms. The highest BCUT2D eigenvalue weighted by molar-refractivity contribution is 6.07. The molecule has 0 aliphatic carbocycles. The van der Waals surface area contributed by atoms with Crippen LogP contribution in [0.1, 0.15) is 29.9 Å². The number of aliphatic hydroxyl groups is 1. The number of rotatable bonds is 2. The zero-order valence-electron chi connectivity index (χ0n) is 18.9. The lowest BCUT2D eigenvalue weighted by Gasteiger charge is -2.59. The molecule has 5 rings (SSSR count). The van der Waals surface area contributed by atoms with E-state index in [1.54, 1.807) is 24.3 Å². The van der Waals surface area contributed by atoms with Gasteiger partial charge in [0.25, 0.3) is 5.91 Å². The number of aromatic nitrogens is 3. The number of phenolic OH excluding ortho intramolecular Hbond substituents is 1. The third-order valence-electron chi connectivity index (χ3n) is 7.07. The first-order valence-electron chi connectivity index (χ1n) is 10.9. The van der Waals surface area contributed by atoms with Crippen molar-refractivity contribution in [2.24, 2.45) is 10.8 Å². The van der Waals surface area contributed by atoms with Crippen molar-refractivity contribution in [1.29, 1.82) is 0 Å². The minimum atomic E-state index is -0.462. The molecule has 2 aromatic heterocycles. The highest BCUT2D eigenvalue weighted by atomic mass is 16.3. The second kappa shape index (κ2) is 7.02. The van der Waals surface area contributed by atoms with Crippen LogP contribution < -0.4 is 0 Å². The second-order valence-electron chi connectivity index (χ2n) is 10.2. The number of phenols is 1. The largest absolute Gasteiger partial charge is 0.508 e. The zero-order valence-corrected chi connectivity index (χ0v) is 18.9. The molecule has 2 unspecified atom stereocenters. The molecule has 2 bridgehead atoms. The number of fused-ring (bicyclic) bond motifs is 3. The SMILES string of the molecule is Cc1[nH]nc2nc(-c3ccc(O)cc3)cc(C(=O)N3CC4(C)CN(C)CC(C)(C3)C4O)c12. The van der Waals surface area contributed by atoms with E-state index in [0.29, 0.717) is 30.0 Å². The molecule has 3 N–H and O–H groups in total. The molecular formula is C24H29N5O3. The summed E-state index contributed by atoms with van der Waals surface area (Å²) in [5, 5.41) is 28.7. The highest BCUT2D eigenvalue weighted by Gasteiger charge is 2.56. The predicted molar refractivity (Wildman–Crippen MR) is 121 cm³/mol. The van der Waals surface area contributed by atoms with Crippen LogP contribution in [0.3, 0.4) is 0 Å². The minimum Gasteiger partial charge on any atom is -0.508 e. The average Bonchev–Trinajstić information content (AvgIpc) is 3.10. The quantitative estimate of drug-likeness (QED) is 0.571. The maximum absolute atomic E-state index is 13.9. The second-order valence-corrected chi connectivity index (χ2v) is 10.2. The van der Waals surface area contributed by atoms with Gasteiger partial charge in [-0.1, -0.05) is 13.8 Å². The van der Waals surface area contributed by atoms with Crippen LogP contribution in [0.25, 0.3) is 22.3 Å². The van der Waals surface area contributed by atoms with Crippen molar-refractivity contribution in [2.45, 2.75) is 26.9 Å². The Morgan fingerprint density at radius 2 is 1.75 bits per heavy atom. The topological polar surface area (TPSA) is 106 Å². The average molecular weight is 436 g/mol. The number of piperidine rings is 2. The monoisotopic (exact) mass is 435 g/mol. The van der Waals surface area contributed by atoms with Crippen molar-refractivity contribution < 1.29 is 15.0 Å². The Morgan fingerprint density at radius 3 is 2.38 bits per heavy atom. The molecule has 2 fully saturated rings. The molecule has 2 aliphatic rings. The van der Waals surface area contributed by atoms with E-state index in [-0.39, 0.29) is 11.7 Å². The van der Waals surface area contributed by atoms with Crippen LogP contribution in [0, 0.1) is 17.8 Å². The number of aromatic amines is 1. The van der Waals surface area contributed by atoms with Gasteiger partial charge in [0.1, 0.15) is 5.75 Å². The molecule has 4 heterocycles. The van der Waals surface area contributed by atoms with Crippen molar-refractivity contribution in [3.05, 3.63) is 41.6 Å². The number of likely N-dealkylation sites (tertiary alicyclic amines) is 2. The summed E-state index contributed by atoms with van der Waals surface area (Å²) in [6.07, 6.45) is -0.462. The van der Waals surface area contributed by atoms with E-state index in [4.69, 9.17) is 0 Å². The Balaban J connectivity index is 1.59. The molecule has 168 valence electrons. The molecule has 2 atom stereocenters. The minimum absolute atomic E-state index is 0.0733. The number of nitrogens with one attached hydrogen (secondary N) is 1. The number of aryl methyl sites for hydroxylation is 1. The van der Waals surface area contributed by atoms with Crippen LogP contribution in [0.15, 0.2) is 30.3 Å². The fourth-order valence-electron chi connectivity index (χ4n) is 5.94. The van der Waals surface area contributed by atoms with E-state index in [9.17, 15) is 15.0 Å². The van der Waals surface area contributed by atoms with Crippen LogP contribution in [0.2, 0.25) is 0 Å².